The first-order chi connectivity index (χ1) is 13.7. The van der Waals surface area contributed by atoms with E-state index in [1.807, 2.05) is 59.4 Å². The molecular weight excluding hydrogens is 354 g/mol. The average molecular weight is 377 g/mol. The van der Waals surface area contributed by atoms with Crippen LogP contribution in [0.3, 0.4) is 0 Å². The van der Waals surface area contributed by atoms with E-state index in [9.17, 15) is 4.79 Å². The van der Waals surface area contributed by atoms with E-state index in [0.717, 1.165) is 45.3 Å². The highest BCUT2D eigenvalue weighted by Crippen LogP contribution is 2.24. The maximum absolute atomic E-state index is 12.4. The number of carbonyl (C=O) groups is 1. The van der Waals surface area contributed by atoms with Gasteiger partial charge in [-0.1, -0.05) is 0 Å². The minimum Gasteiger partial charge on any atom is -0.497 e. The Hall–Kier alpha value is -3.41. The summed E-state index contributed by atoms with van der Waals surface area (Å²) < 4.78 is 12.5. The second kappa shape index (κ2) is 7.68. The van der Waals surface area contributed by atoms with Crippen LogP contribution >= 0.6 is 0 Å². The molecule has 0 aliphatic rings. The summed E-state index contributed by atoms with van der Waals surface area (Å²) in [7, 11) is 3.31. The predicted molar refractivity (Wildman–Crippen MR) is 110 cm³/mol. The van der Waals surface area contributed by atoms with Crippen LogP contribution in [0.1, 0.15) is 5.56 Å². The standard InChI is InChI=1S/C22H23N3O3/c1-27-17-4-6-21-15(11-17)8-10-25(21)14-22(26)23-9-7-16-13-24-20-5-3-18(28-2)12-19(16)20/h3-6,8,10-13,24H,7,9,14H2,1-2H3,(H,23,26). The zero-order valence-electron chi connectivity index (χ0n) is 16.0. The number of hydrogen-bond donors (Lipinski definition) is 2. The Morgan fingerprint density at radius 2 is 1.86 bits per heavy atom. The highest BCUT2D eigenvalue weighted by Gasteiger charge is 2.09. The van der Waals surface area contributed by atoms with E-state index in [1.54, 1.807) is 14.2 Å². The first-order valence-corrected chi connectivity index (χ1v) is 9.21. The smallest absolute Gasteiger partial charge is 0.239 e. The van der Waals surface area contributed by atoms with Crippen molar-refractivity contribution in [3.05, 3.63) is 60.4 Å². The van der Waals surface area contributed by atoms with Crippen molar-refractivity contribution in [2.45, 2.75) is 13.0 Å². The Kier molecular flexibility index (Phi) is 4.93. The molecule has 6 heteroatoms. The third kappa shape index (κ3) is 3.53. The molecule has 4 aromatic rings. The average Bonchev–Trinajstić information content (AvgIpc) is 3.31. The van der Waals surface area contributed by atoms with Crippen molar-refractivity contribution in [3.8, 4) is 11.5 Å². The molecule has 4 rings (SSSR count). The fourth-order valence-electron chi connectivity index (χ4n) is 3.48. The van der Waals surface area contributed by atoms with Gasteiger partial charge in [0.05, 0.1) is 14.2 Å². The highest BCUT2D eigenvalue weighted by molar-refractivity contribution is 5.85. The largest absolute Gasteiger partial charge is 0.497 e. The monoisotopic (exact) mass is 377 g/mol. The summed E-state index contributed by atoms with van der Waals surface area (Å²) in [5, 5.41) is 5.19. The van der Waals surface area contributed by atoms with Crippen LogP contribution in [0.25, 0.3) is 21.8 Å². The molecule has 0 aliphatic heterocycles. The van der Waals surface area contributed by atoms with E-state index >= 15 is 0 Å². The van der Waals surface area contributed by atoms with Crippen molar-refractivity contribution in [2.75, 3.05) is 20.8 Å². The molecule has 144 valence electrons. The molecule has 0 bridgehead atoms. The summed E-state index contributed by atoms with van der Waals surface area (Å²) in [6.45, 7) is 0.869. The van der Waals surface area contributed by atoms with E-state index in [2.05, 4.69) is 10.3 Å². The van der Waals surface area contributed by atoms with Crippen LogP contribution in [-0.4, -0.2) is 36.2 Å². The summed E-state index contributed by atoms with van der Waals surface area (Å²) in [6.07, 6.45) is 4.67. The Morgan fingerprint density at radius 1 is 1.07 bits per heavy atom. The molecule has 0 aliphatic carbocycles. The van der Waals surface area contributed by atoms with Crippen LogP contribution < -0.4 is 14.8 Å². The molecule has 2 aromatic carbocycles. The molecular formula is C22H23N3O3. The van der Waals surface area contributed by atoms with Gasteiger partial charge in [-0.25, -0.2) is 0 Å². The molecule has 0 saturated heterocycles. The van der Waals surface area contributed by atoms with E-state index in [-0.39, 0.29) is 12.5 Å². The number of aromatic nitrogens is 2. The first kappa shape index (κ1) is 18.0. The van der Waals surface area contributed by atoms with Crippen molar-refractivity contribution in [3.63, 3.8) is 0 Å². The maximum Gasteiger partial charge on any atom is 0.239 e. The number of ether oxygens (including phenoxy) is 2. The van der Waals surface area contributed by atoms with E-state index in [0.29, 0.717) is 6.54 Å². The van der Waals surface area contributed by atoms with Gasteiger partial charge >= 0.3 is 0 Å². The zero-order valence-corrected chi connectivity index (χ0v) is 16.0. The van der Waals surface area contributed by atoms with Gasteiger partial charge in [0.25, 0.3) is 0 Å². The number of nitrogens with zero attached hydrogens (tertiary/aromatic N) is 1. The fourth-order valence-corrected chi connectivity index (χ4v) is 3.48. The van der Waals surface area contributed by atoms with Crippen LogP contribution in [0.4, 0.5) is 0 Å². The number of nitrogens with one attached hydrogen (secondary N) is 2. The van der Waals surface area contributed by atoms with Gasteiger partial charge < -0.3 is 24.3 Å². The number of benzene rings is 2. The van der Waals surface area contributed by atoms with Gasteiger partial charge in [0.1, 0.15) is 18.0 Å². The molecule has 2 heterocycles. The Morgan fingerprint density at radius 3 is 2.68 bits per heavy atom. The second-order valence-corrected chi connectivity index (χ2v) is 6.69. The quantitative estimate of drug-likeness (QED) is 0.518. The van der Waals surface area contributed by atoms with Crippen molar-refractivity contribution >= 4 is 27.7 Å². The molecule has 0 saturated carbocycles. The van der Waals surface area contributed by atoms with Gasteiger partial charge in [-0.3, -0.25) is 4.79 Å². The summed E-state index contributed by atoms with van der Waals surface area (Å²) in [5.41, 5.74) is 3.24. The van der Waals surface area contributed by atoms with Crippen LogP contribution in [0.15, 0.2) is 54.9 Å². The van der Waals surface area contributed by atoms with Gasteiger partial charge in [0, 0.05) is 40.7 Å². The number of H-pyrrole nitrogens is 1. The highest BCUT2D eigenvalue weighted by atomic mass is 16.5. The molecule has 28 heavy (non-hydrogen) atoms. The first-order valence-electron chi connectivity index (χ1n) is 9.21. The van der Waals surface area contributed by atoms with Crippen LogP contribution in [0.2, 0.25) is 0 Å². The number of carbonyl (C=O) groups excluding carboxylic acids is 1. The topological polar surface area (TPSA) is 68.3 Å². The molecule has 1 amide bonds. The molecule has 0 unspecified atom stereocenters. The zero-order chi connectivity index (χ0) is 19.5. The van der Waals surface area contributed by atoms with Crippen LogP contribution in [-0.2, 0) is 17.8 Å². The molecule has 2 aromatic heterocycles. The van der Waals surface area contributed by atoms with E-state index in [4.69, 9.17) is 9.47 Å². The van der Waals surface area contributed by atoms with Crippen LogP contribution in [0, 0.1) is 0 Å². The van der Waals surface area contributed by atoms with Gasteiger partial charge in [0.15, 0.2) is 0 Å². The van der Waals surface area contributed by atoms with Gasteiger partial charge in [0.2, 0.25) is 5.91 Å². The lowest BCUT2D eigenvalue weighted by Gasteiger charge is -2.08. The summed E-state index contributed by atoms with van der Waals surface area (Å²) >= 11 is 0. The van der Waals surface area contributed by atoms with Crippen molar-refractivity contribution in [2.24, 2.45) is 0 Å². The molecule has 0 spiro atoms. The number of hydrogen-bond acceptors (Lipinski definition) is 3. The molecule has 0 radical (unpaired) electrons. The van der Waals surface area contributed by atoms with Crippen molar-refractivity contribution < 1.29 is 14.3 Å². The van der Waals surface area contributed by atoms with Crippen LogP contribution in [0.5, 0.6) is 11.5 Å². The number of fused-ring (bicyclic) bond motifs is 2. The lowest BCUT2D eigenvalue weighted by Crippen LogP contribution is -2.29. The lowest BCUT2D eigenvalue weighted by atomic mass is 10.1. The van der Waals surface area contributed by atoms with Crippen molar-refractivity contribution in [1.82, 2.24) is 14.9 Å². The van der Waals surface area contributed by atoms with E-state index < -0.39 is 0 Å². The lowest BCUT2D eigenvalue weighted by molar-refractivity contribution is -0.121. The molecule has 2 N–H and O–H groups in total. The maximum atomic E-state index is 12.4. The number of aromatic amines is 1. The van der Waals surface area contributed by atoms with Gasteiger partial charge in [-0.05, 0) is 54.4 Å². The van der Waals surface area contributed by atoms with E-state index in [1.165, 1.54) is 0 Å². The van der Waals surface area contributed by atoms with Crippen molar-refractivity contribution in [1.29, 1.82) is 0 Å². The fraction of sp³-hybridized carbons (Fsp3) is 0.227. The second-order valence-electron chi connectivity index (χ2n) is 6.69. The Labute approximate surface area is 163 Å². The molecule has 6 nitrogen and oxygen atoms in total. The minimum absolute atomic E-state index is 0.00857. The third-order valence-corrected chi connectivity index (χ3v) is 4.98. The number of amides is 1. The minimum atomic E-state index is -0.00857. The molecule has 0 atom stereocenters. The third-order valence-electron chi connectivity index (χ3n) is 4.98. The Balaban J connectivity index is 1.37. The summed E-state index contributed by atoms with van der Waals surface area (Å²) in [6, 6.07) is 13.8. The normalized spacial score (nSPS) is 11.1. The SMILES string of the molecule is COc1ccc2c(ccn2CC(=O)NCCc2c[nH]c3ccc(OC)cc23)c1. The summed E-state index contributed by atoms with van der Waals surface area (Å²) in [4.78, 5) is 15.6. The van der Waals surface area contributed by atoms with Gasteiger partial charge in [-0.2, -0.15) is 0 Å². The predicted octanol–water partition coefficient (Wildman–Crippen LogP) is 3.50. The molecule has 0 fully saturated rings. The summed E-state index contributed by atoms with van der Waals surface area (Å²) in [5.74, 6) is 1.63. The number of rotatable bonds is 7. The Bertz CT molecular complexity index is 1130. The number of methoxy groups -OCH3 is 2. The van der Waals surface area contributed by atoms with Gasteiger partial charge in [-0.15, -0.1) is 0 Å².